The van der Waals surface area contributed by atoms with Crippen LogP contribution in [0.25, 0.3) is 22.4 Å². The molecule has 1 saturated heterocycles. The maximum absolute atomic E-state index is 15.3. The van der Waals surface area contributed by atoms with Gasteiger partial charge in [0.25, 0.3) is 0 Å². The van der Waals surface area contributed by atoms with E-state index in [1.54, 1.807) is 6.07 Å². The maximum atomic E-state index is 15.3. The number of hydrogen-bond acceptors (Lipinski definition) is 6. The van der Waals surface area contributed by atoms with Crippen molar-refractivity contribution in [3.05, 3.63) is 30.1 Å². The van der Waals surface area contributed by atoms with E-state index >= 15 is 4.39 Å². The van der Waals surface area contributed by atoms with Crippen molar-refractivity contribution < 1.29 is 28.5 Å². The molecule has 2 aliphatic rings. The molecule has 2 N–H and O–H groups in total. The van der Waals surface area contributed by atoms with E-state index in [2.05, 4.69) is 5.32 Å². The number of aromatic nitrogens is 2. The molecule has 1 aromatic heterocycles. The van der Waals surface area contributed by atoms with Crippen LogP contribution in [0.15, 0.2) is 24.3 Å². The summed E-state index contributed by atoms with van der Waals surface area (Å²) >= 11 is 0. The smallest absolute Gasteiger partial charge is 0.227 e. The van der Waals surface area contributed by atoms with Gasteiger partial charge in [0.1, 0.15) is 5.82 Å². The number of nitrogens with one attached hydrogen (secondary N) is 1. The van der Waals surface area contributed by atoms with Crippen molar-refractivity contribution in [2.24, 2.45) is 5.92 Å². The number of methoxy groups -OCH3 is 2. The lowest BCUT2D eigenvalue weighted by atomic mass is 9.98. The fourth-order valence-electron chi connectivity index (χ4n) is 4.12. The first-order valence-electron chi connectivity index (χ1n) is 10.4. The Labute approximate surface area is 183 Å². The summed E-state index contributed by atoms with van der Waals surface area (Å²) in [4.78, 5) is 16.9. The highest BCUT2D eigenvalue weighted by Crippen LogP contribution is 2.45. The highest BCUT2D eigenvalue weighted by atomic mass is 19.1. The number of rotatable bonds is 6. The zero-order valence-corrected chi connectivity index (χ0v) is 18.1. The van der Waals surface area contributed by atoms with Gasteiger partial charge < -0.3 is 29.2 Å². The number of anilines is 1. The lowest BCUT2D eigenvalue weighted by Crippen LogP contribution is -2.49. The molecule has 1 saturated carbocycles. The predicted octanol–water partition coefficient (Wildman–Crippen LogP) is 3.66. The van der Waals surface area contributed by atoms with Gasteiger partial charge in [-0.25, -0.2) is 9.37 Å². The Morgan fingerprint density at radius 3 is 2.62 bits per heavy atom. The van der Waals surface area contributed by atoms with E-state index in [1.165, 1.54) is 20.3 Å². The van der Waals surface area contributed by atoms with Crippen LogP contribution in [-0.2, 0) is 15.1 Å². The van der Waals surface area contributed by atoms with Gasteiger partial charge in [-0.1, -0.05) is 0 Å². The molecule has 0 radical (unpaired) electrons. The minimum atomic E-state index is -0.856. The second kappa shape index (κ2) is 7.37. The van der Waals surface area contributed by atoms with Crippen LogP contribution in [0.1, 0.15) is 19.8 Å². The second-order valence-electron chi connectivity index (χ2n) is 8.55. The molecular formula is C23H24FN3O5. The van der Waals surface area contributed by atoms with Crippen molar-refractivity contribution in [3.63, 3.8) is 0 Å². The van der Waals surface area contributed by atoms with Crippen molar-refractivity contribution in [2.45, 2.75) is 25.3 Å². The van der Waals surface area contributed by atoms with E-state index in [4.69, 9.17) is 19.2 Å². The quantitative estimate of drug-likeness (QED) is 0.606. The van der Waals surface area contributed by atoms with E-state index < -0.39 is 17.1 Å². The van der Waals surface area contributed by atoms with Gasteiger partial charge in [0.15, 0.2) is 17.3 Å². The molecule has 5 rings (SSSR count). The number of benzene rings is 2. The first-order chi connectivity index (χ1) is 15.4. The minimum absolute atomic E-state index is 0.000724. The Morgan fingerprint density at radius 1 is 1.28 bits per heavy atom. The molecule has 1 aliphatic carbocycles. The maximum Gasteiger partial charge on any atom is 0.227 e. The van der Waals surface area contributed by atoms with Crippen LogP contribution in [-0.4, -0.2) is 48.0 Å². The van der Waals surface area contributed by atoms with Crippen LogP contribution >= 0.6 is 0 Å². The Hall–Kier alpha value is -3.33. The lowest BCUT2D eigenvalue weighted by Gasteiger charge is -2.40. The Kier molecular flexibility index (Phi) is 4.74. The monoisotopic (exact) mass is 441 g/mol. The number of carbonyl (C=O) groups is 1. The molecule has 8 nitrogen and oxygen atoms in total. The standard InChI is InChI=1S/C23H24FN3O5/c1-23(10-32-11-23)27-16-7-6-13(25-22(29)12-4-5-12)8-15(16)26-21(27)14-9-17(30-2)20(31-3)19(28)18(14)24/h6-9,12,28H,4-5,10-11H2,1-3H3,(H,25,29). The molecule has 1 amide bonds. The van der Waals surface area contributed by atoms with Crippen LogP contribution in [0.2, 0.25) is 0 Å². The van der Waals surface area contributed by atoms with Gasteiger partial charge in [-0.2, -0.15) is 0 Å². The average molecular weight is 441 g/mol. The number of phenols is 1. The largest absolute Gasteiger partial charge is 0.502 e. The summed E-state index contributed by atoms with van der Waals surface area (Å²) < 4.78 is 33.1. The molecule has 0 bridgehead atoms. The van der Waals surface area contributed by atoms with Crippen LogP contribution in [0, 0.1) is 11.7 Å². The zero-order valence-electron chi connectivity index (χ0n) is 18.1. The van der Waals surface area contributed by atoms with Crippen LogP contribution in [0.4, 0.5) is 10.1 Å². The average Bonchev–Trinajstić information content (AvgIpc) is 3.54. The van der Waals surface area contributed by atoms with Crippen molar-refractivity contribution in [1.29, 1.82) is 0 Å². The molecule has 2 heterocycles. The number of phenolic OH excluding ortho intramolecular Hbond substituents is 1. The summed E-state index contributed by atoms with van der Waals surface area (Å²) in [6.07, 6.45) is 1.82. The zero-order chi connectivity index (χ0) is 22.6. The van der Waals surface area contributed by atoms with Crippen molar-refractivity contribution >= 4 is 22.6 Å². The normalized spacial score (nSPS) is 17.1. The van der Waals surface area contributed by atoms with Gasteiger partial charge >= 0.3 is 0 Å². The third-order valence-corrected chi connectivity index (χ3v) is 6.06. The Balaban J connectivity index is 1.69. The van der Waals surface area contributed by atoms with Gasteiger partial charge in [-0.15, -0.1) is 0 Å². The summed E-state index contributed by atoms with van der Waals surface area (Å²) in [6, 6.07) is 6.91. The number of hydrogen-bond donors (Lipinski definition) is 2. The Morgan fingerprint density at radius 2 is 2.03 bits per heavy atom. The van der Waals surface area contributed by atoms with Gasteiger partial charge in [-0.05, 0) is 44.0 Å². The van der Waals surface area contributed by atoms with Crippen LogP contribution < -0.4 is 14.8 Å². The third kappa shape index (κ3) is 3.15. The van der Waals surface area contributed by atoms with E-state index in [0.717, 1.165) is 18.4 Å². The molecular weight excluding hydrogens is 417 g/mol. The third-order valence-electron chi connectivity index (χ3n) is 6.06. The number of fused-ring (bicyclic) bond motifs is 1. The fourth-order valence-corrected chi connectivity index (χ4v) is 4.12. The number of ether oxygens (including phenoxy) is 3. The first kappa shape index (κ1) is 20.6. The topological polar surface area (TPSA) is 94.8 Å². The Bertz CT molecular complexity index is 1230. The highest BCUT2D eigenvalue weighted by molar-refractivity contribution is 5.96. The molecule has 168 valence electrons. The second-order valence-corrected chi connectivity index (χ2v) is 8.55. The van der Waals surface area contributed by atoms with Gasteiger partial charge in [0.05, 0.1) is 49.6 Å². The van der Waals surface area contributed by atoms with Gasteiger partial charge in [-0.3, -0.25) is 4.79 Å². The van der Waals surface area contributed by atoms with Crippen molar-refractivity contribution in [1.82, 2.24) is 9.55 Å². The molecule has 2 aromatic carbocycles. The first-order valence-corrected chi connectivity index (χ1v) is 10.4. The molecule has 9 heteroatoms. The summed E-state index contributed by atoms with van der Waals surface area (Å²) in [5.41, 5.74) is 1.63. The number of carbonyl (C=O) groups excluding carboxylic acids is 1. The fraction of sp³-hybridized carbons (Fsp3) is 0.391. The summed E-state index contributed by atoms with van der Waals surface area (Å²) in [6.45, 7) is 2.88. The number of aromatic hydroxyl groups is 1. The van der Waals surface area contributed by atoms with Crippen molar-refractivity contribution in [2.75, 3.05) is 32.8 Å². The SMILES string of the molecule is COc1cc(-c2nc3cc(NC(=O)C4CC4)ccc3n2C2(C)COC2)c(F)c(O)c1OC. The molecule has 0 spiro atoms. The van der Waals surface area contributed by atoms with E-state index in [0.29, 0.717) is 30.2 Å². The van der Waals surface area contributed by atoms with Gasteiger partial charge in [0, 0.05) is 11.6 Å². The molecule has 2 fully saturated rings. The molecule has 1 aliphatic heterocycles. The predicted molar refractivity (Wildman–Crippen MR) is 116 cm³/mol. The molecule has 0 unspecified atom stereocenters. The molecule has 32 heavy (non-hydrogen) atoms. The van der Waals surface area contributed by atoms with Crippen LogP contribution in [0.5, 0.6) is 17.2 Å². The molecule has 3 aromatic rings. The molecule has 0 atom stereocenters. The number of nitrogens with zero attached hydrogens (tertiary/aromatic N) is 2. The number of halogens is 1. The summed E-state index contributed by atoms with van der Waals surface area (Å²) in [7, 11) is 2.74. The highest BCUT2D eigenvalue weighted by Gasteiger charge is 2.39. The summed E-state index contributed by atoms with van der Waals surface area (Å²) in [5, 5.41) is 13.3. The van der Waals surface area contributed by atoms with E-state index in [1.807, 2.05) is 23.6 Å². The van der Waals surface area contributed by atoms with E-state index in [9.17, 15) is 9.90 Å². The summed E-state index contributed by atoms with van der Waals surface area (Å²) in [5.74, 6) is -0.997. The lowest BCUT2D eigenvalue weighted by molar-refractivity contribution is -0.117. The van der Waals surface area contributed by atoms with E-state index in [-0.39, 0.29) is 28.9 Å². The van der Waals surface area contributed by atoms with Gasteiger partial charge in [0.2, 0.25) is 11.7 Å². The minimum Gasteiger partial charge on any atom is -0.502 e. The number of imidazole rings is 1. The number of amides is 1. The van der Waals surface area contributed by atoms with Crippen LogP contribution in [0.3, 0.4) is 0 Å². The van der Waals surface area contributed by atoms with Crippen molar-refractivity contribution in [3.8, 4) is 28.6 Å².